The molecule has 0 saturated carbocycles. The standard InChI is InChI=1S/C34H34N2O6S/c1-39-28-20-26(21-29(40-2)31(28)41-3)42-18-11-19-43(23-25-14-8-5-9-15-25)32-30(37)27-16-10-17-35-33(27)36(34(32)38)22-24-12-6-4-7-13-24/h4-10,12-17,20-21H,11,18-19,22-23H2,1-3H3/p+1. The van der Waals surface area contributed by atoms with Crippen molar-refractivity contribution in [3.63, 3.8) is 0 Å². The quantitative estimate of drug-likeness (QED) is 0.135. The van der Waals surface area contributed by atoms with Crippen molar-refractivity contribution >= 4 is 21.9 Å². The predicted octanol–water partition coefficient (Wildman–Crippen LogP) is 5.82. The molecule has 0 saturated heterocycles. The first-order chi connectivity index (χ1) is 21.0. The summed E-state index contributed by atoms with van der Waals surface area (Å²) in [4.78, 5) is 19.1. The molecule has 0 fully saturated rings. The summed E-state index contributed by atoms with van der Waals surface area (Å²) in [7, 11) is 4.06. The van der Waals surface area contributed by atoms with Crippen LogP contribution in [0.4, 0.5) is 0 Å². The van der Waals surface area contributed by atoms with Crippen LogP contribution in [0.5, 0.6) is 28.7 Å². The molecule has 0 aliphatic rings. The van der Waals surface area contributed by atoms with Crippen molar-refractivity contribution in [3.8, 4) is 28.7 Å². The number of aromatic hydroxyl groups is 1. The van der Waals surface area contributed by atoms with Gasteiger partial charge in [-0.05, 0) is 17.7 Å². The SMILES string of the molecule is COc1cc(OCCC[S+](Cc2ccccc2)c2c(O)c3cccnc3n(Cc3ccccc3)c2=O)cc(OC)c1OC. The van der Waals surface area contributed by atoms with Gasteiger partial charge in [0.25, 0.3) is 4.90 Å². The van der Waals surface area contributed by atoms with E-state index in [0.29, 0.717) is 70.0 Å². The topological polar surface area (TPSA) is 92.0 Å². The third-order valence-electron chi connectivity index (χ3n) is 7.05. The minimum atomic E-state index is -0.622. The Hall–Kier alpha value is -4.63. The van der Waals surface area contributed by atoms with Crippen LogP contribution >= 0.6 is 0 Å². The van der Waals surface area contributed by atoms with E-state index in [1.54, 1.807) is 50.3 Å². The van der Waals surface area contributed by atoms with Crippen LogP contribution in [0.3, 0.4) is 0 Å². The van der Waals surface area contributed by atoms with Crippen LogP contribution in [0.1, 0.15) is 17.5 Å². The fourth-order valence-corrected chi connectivity index (χ4v) is 7.29. The molecule has 43 heavy (non-hydrogen) atoms. The molecule has 0 aliphatic carbocycles. The van der Waals surface area contributed by atoms with Crippen molar-refractivity contribution < 1.29 is 24.1 Å². The molecule has 0 aliphatic heterocycles. The van der Waals surface area contributed by atoms with E-state index in [1.165, 1.54) is 0 Å². The number of fused-ring (bicyclic) bond motifs is 1. The molecule has 0 spiro atoms. The molecule has 3 aromatic carbocycles. The van der Waals surface area contributed by atoms with Crippen molar-refractivity contribution in [2.45, 2.75) is 23.6 Å². The molecule has 0 amide bonds. The predicted molar refractivity (Wildman–Crippen MR) is 170 cm³/mol. The van der Waals surface area contributed by atoms with Gasteiger partial charge in [-0.2, -0.15) is 0 Å². The molecule has 1 N–H and O–H groups in total. The van der Waals surface area contributed by atoms with Gasteiger partial charge in [0.15, 0.2) is 17.2 Å². The van der Waals surface area contributed by atoms with E-state index in [2.05, 4.69) is 17.1 Å². The second kappa shape index (κ2) is 14.0. The summed E-state index contributed by atoms with van der Waals surface area (Å²) < 4.78 is 24.1. The van der Waals surface area contributed by atoms with Gasteiger partial charge in [0, 0.05) is 41.2 Å². The summed E-state index contributed by atoms with van der Waals surface area (Å²) in [5.74, 6) is 3.35. The lowest BCUT2D eigenvalue weighted by molar-refractivity contribution is 0.299. The van der Waals surface area contributed by atoms with Crippen molar-refractivity contribution in [3.05, 3.63) is 113 Å². The lowest BCUT2D eigenvalue weighted by Gasteiger charge is -2.16. The number of pyridine rings is 2. The van der Waals surface area contributed by atoms with E-state index in [-0.39, 0.29) is 11.3 Å². The van der Waals surface area contributed by atoms with Crippen molar-refractivity contribution in [1.29, 1.82) is 0 Å². The van der Waals surface area contributed by atoms with Gasteiger partial charge in [-0.3, -0.25) is 9.36 Å². The molecule has 9 heteroatoms. The smallest absolute Gasteiger partial charge is 0.311 e. The maximum atomic E-state index is 14.2. The van der Waals surface area contributed by atoms with E-state index < -0.39 is 10.9 Å². The highest BCUT2D eigenvalue weighted by atomic mass is 32.2. The number of methoxy groups -OCH3 is 3. The molecule has 2 heterocycles. The molecule has 1 unspecified atom stereocenters. The molecule has 0 radical (unpaired) electrons. The Labute approximate surface area is 253 Å². The normalized spacial score (nSPS) is 11.7. The molecule has 222 valence electrons. The van der Waals surface area contributed by atoms with Crippen molar-refractivity contribution in [2.24, 2.45) is 0 Å². The van der Waals surface area contributed by atoms with Crippen LogP contribution in [-0.2, 0) is 23.2 Å². The molecule has 2 aromatic heterocycles. The number of aromatic nitrogens is 2. The first kappa shape index (κ1) is 29.8. The summed E-state index contributed by atoms with van der Waals surface area (Å²) in [6.07, 6.45) is 2.29. The summed E-state index contributed by atoms with van der Waals surface area (Å²) in [6.45, 7) is 0.748. The maximum absolute atomic E-state index is 14.2. The zero-order chi connectivity index (χ0) is 30.2. The third-order valence-corrected chi connectivity index (χ3v) is 9.46. The minimum absolute atomic E-state index is 0.00206. The molecular weight excluding hydrogens is 564 g/mol. The van der Waals surface area contributed by atoms with Crippen molar-refractivity contribution in [2.75, 3.05) is 33.7 Å². The van der Waals surface area contributed by atoms with E-state index in [9.17, 15) is 9.90 Å². The highest BCUT2D eigenvalue weighted by Crippen LogP contribution is 2.41. The molecule has 0 bridgehead atoms. The molecule has 5 aromatic rings. The summed E-state index contributed by atoms with van der Waals surface area (Å²) >= 11 is 0. The monoisotopic (exact) mass is 599 g/mol. The van der Waals surface area contributed by atoms with E-state index in [4.69, 9.17) is 18.9 Å². The summed E-state index contributed by atoms with van der Waals surface area (Å²) in [6, 6.07) is 27.0. The number of rotatable bonds is 13. The van der Waals surface area contributed by atoms with Crippen LogP contribution in [0.2, 0.25) is 0 Å². The van der Waals surface area contributed by atoms with Crippen LogP contribution in [0.25, 0.3) is 11.0 Å². The first-order valence-electron chi connectivity index (χ1n) is 13.9. The second-order valence-electron chi connectivity index (χ2n) is 9.82. The highest BCUT2D eigenvalue weighted by molar-refractivity contribution is 7.96. The number of hydrogen-bond donors (Lipinski definition) is 1. The maximum Gasteiger partial charge on any atom is 0.311 e. The molecule has 5 rings (SSSR count). The van der Waals surface area contributed by atoms with Gasteiger partial charge >= 0.3 is 5.56 Å². The average Bonchev–Trinajstić information content (AvgIpc) is 3.05. The van der Waals surface area contributed by atoms with Crippen LogP contribution in [0, 0.1) is 0 Å². The van der Waals surface area contributed by atoms with E-state index in [1.807, 2.05) is 54.6 Å². The number of ether oxygens (including phenoxy) is 4. The molecule has 1 atom stereocenters. The fourth-order valence-electron chi connectivity index (χ4n) is 5.00. The van der Waals surface area contributed by atoms with Gasteiger partial charge in [-0.25, -0.2) is 4.98 Å². The van der Waals surface area contributed by atoms with E-state index in [0.717, 1.165) is 11.1 Å². The Kier molecular flexibility index (Phi) is 9.73. The fraction of sp³-hybridized carbons (Fsp3) is 0.235. The summed E-state index contributed by atoms with van der Waals surface area (Å²) in [5, 5.41) is 12.1. The van der Waals surface area contributed by atoms with Gasteiger partial charge in [0.2, 0.25) is 5.75 Å². The summed E-state index contributed by atoms with van der Waals surface area (Å²) in [5.41, 5.74) is 2.31. The minimum Gasteiger partial charge on any atom is -0.503 e. The van der Waals surface area contributed by atoms with Gasteiger partial charge in [-0.1, -0.05) is 60.7 Å². The van der Waals surface area contributed by atoms with Crippen LogP contribution < -0.4 is 24.5 Å². The average molecular weight is 600 g/mol. The van der Waals surface area contributed by atoms with Crippen molar-refractivity contribution in [1.82, 2.24) is 9.55 Å². The third kappa shape index (κ3) is 6.73. The molecular formula is C34H35N2O6S+. The highest BCUT2D eigenvalue weighted by Gasteiger charge is 2.33. The Bertz CT molecular complexity index is 1700. The van der Waals surface area contributed by atoms with Gasteiger partial charge in [-0.15, -0.1) is 0 Å². The van der Waals surface area contributed by atoms with E-state index >= 15 is 0 Å². The zero-order valence-corrected chi connectivity index (χ0v) is 25.3. The zero-order valence-electron chi connectivity index (χ0n) is 24.5. The number of nitrogens with zero attached hydrogens (tertiary/aromatic N) is 2. The largest absolute Gasteiger partial charge is 0.503 e. The Morgan fingerprint density at radius 3 is 2.12 bits per heavy atom. The van der Waals surface area contributed by atoms with Crippen LogP contribution in [-0.4, -0.2) is 48.3 Å². The van der Waals surface area contributed by atoms with Gasteiger partial charge < -0.3 is 24.1 Å². The first-order valence-corrected chi connectivity index (χ1v) is 15.5. The number of hydrogen-bond acceptors (Lipinski definition) is 7. The second-order valence-corrected chi connectivity index (χ2v) is 11.9. The number of benzene rings is 3. The molecule has 8 nitrogen and oxygen atoms in total. The Morgan fingerprint density at radius 2 is 1.49 bits per heavy atom. The van der Waals surface area contributed by atoms with Gasteiger partial charge in [0.05, 0.1) is 39.9 Å². The van der Waals surface area contributed by atoms with Gasteiger partial charge in [0.1, 0.15) is 22.9 Å². The lowest BCUT2D eigenvalue weighted by atomic mass is 10.2. The van der Waals surface area contributed by atoms with Crippen LogP contribution in [0.15, 0.2) is 101 Å². The lowest BCUT2D eigenvalue weighted by Crippen LogP contribution is -2.29. The Morgan fingerprint density at radius 1 is 0.837 bits per heavy atom. The Balaban J connectivity index is 1.47.